The van der Waals surface area contributed by atoms with E-state index in [0.29, 0.717) is 23.8 Å². The number of rotatable bonds is 7. The molecule has 1 fully saturated rings. The highest BCUT2D eigenvalue weighted by molar-refractivity contribution is 5.93. The third-order valence-electron chi connectivity index (χ3n) is 4.25. The standard InChI is InChI=1S/C21H25NO4/c1-16-9-11-17(12-10-16)25-15-21(23)22-19-7-2-3-8-20(19)26-14-18-6-4-5-13-24-18/h2-3,7-12,18H,4-6,13-15H2,1H3,(H,22,23). The van der Waals surface area contributed by atoms with Crippen LogP contribution in [0.25, 0.3) is 0 Å². The number of aryl methyl sites for hydroxylation is 1. The van der Waals surface area contributed by atoms with Crippen molar-refractivity contribution < 1.29 is 19.0 Å². The van der Waals surface area contributed by atoms with E-state index in [2.05, 4.69) is 5.32 Å². The molecule has 5 nitrogen and oxygen atoms in total. The van der Waals surface area contributed by atoms with Crippen molar-refractivity contribution in [3.63, 3.8) is 0 Å². The molecule has 1 heterocycles. The number of anilines is 1. The zero-order valence-corrected chi connectivity index (χ0v) is 15.1. The Kier molecular flexibility index (Phi) is 6.50. The maximum absolute atomic E-state index is 12.2. The Labute approximate surface area is 154 Å². The van der Waals surface area contributed by atoms with Crippen molar-refractivity contribution in [2.45, 2.75) is 32.3 Å². The van der Waals surface area contributed by atoms with E-state index in [1.165, 1.54) is 6.42 Å². The molecule has 1 unspecified atom stereocenters. The highest BCUT2D eigenvalue weighted by Gasteiger charge is 2.16. The second-order valence-electron chi connectivity index (χ2n) is 6.45. The van der Waals surface area contributed by atoms with Gasteiger partial charge in [0, 0.05) is 6.61 Å². The Hall–Kier alpha value is -2.53. The van der Waals surface area contributed by atoms with Crippen molar-refractivity contribution in [2.75, 3.05) is 25.1 Å². The van der Waals surface area contributed by atoms with Gasteiger partial charge in [-0.2, -0.15) is 0 Å². The third-order valence-corrected chi connectivity index (χ3v) is 4.25. The quantitative estimate of drug-likeness (QED) is 0.817. The Bertz CT molecular complexity index is 708. The lowest BCUT2D eigenvalue weighted by Crippen LogP contribution is -2.26. The number of carbonyl (C=O) groups excluding carboxylic acids is 1. The molecule has 0 spiro atoms. The molecule has 2 aromatic rings. The van der Waals surface area contributed by atoms with Gasteiger partial charge in [0.1, 0.15) is 18.1 Å². The van der Waals surface area contributed by atoms with Crippen molar-refractivity contribution in [3.8, 4) is 11.5 Å². The molecule has 138 valence electrons. The van der Waals surface area contributed by atoms with E-state index in [-0.39, 0.29) is 18.6 Å². The molecule has 1 aliphatic rings. The topological polar surface area (TPSA) is 56.8 Å². The lowest BCUT2D eigenvalue weighted by molar-refractivity contribution is -0.118. The van der Waals surface area contributed by atoms with Crippen LogP contribution in [0.5, 0.6) is 11.5 Å². The highest BCUT2D eigenvalue weighted by atomic mass is 16.5. The molecule has 1 amide bonds. The molecule has 1 atom stereocenters. The van der Waals surface area contributed by atoms with Gasteiger partial charge in [0.05, 0.1) is 11.8 Å². The van der Waals surface area contributed by atoms with Gasteiger partial charge in [0.2, 0.25) is 0 Å². The third kappa shape index (κ3) is 5.49. The van der Waals surface area contributed by atoms with E-state index in [9.17, 15) is 4.79 Å². The molecule has 1 N–H and O–H groups in total. The van der Waals surface area contributed by atoms with Gasteiger partial charge < -0.3 is 19.5 Å². The predicted octanol–water partition coefficient (Wildman–Crippen LogP) is 3.96. The molecule has 5 heteroatoms. The van der Waals surface area contributed by atoms with E-state index < -0.39 is 0 Å². The minimum Gasteiger partial charge on any atom is -0.489 e. The number of ether oxygens (including phenoxy) is 3. The normalized spacial score (nSPS) is 16.7. The Morgan fingerprint density at radius 3 is 2.69 bits per heavy atom. The minimum atomic E-state index is -0.226. The number of para-hydroxylation sites is 2. The lowest BCUT2D eigenvalue weighted by Gasteiger charge is -2.23. The van der Waals surface area contributed by atoms with E-state index in [0.717, 1.165) is 25.0 Å². The largest absolute Gasteiger partial charge is 0.489 e. The molecule has 0 bridgehead atoms. The van der Waals surface area contributed by atoms with Gasteiger partial charge in [-0.1, -0.05) is 29.8 Å². The summed E-state index contributed by atoms with van der Waals surface area (Å²) in [6.07, 6.45) is 3.42. The molecule has 1 aliphatic heterocycles. The molecule has 3 rings (SSSR count). The van der Waals surface area contributed by atoms with Crippen LogP contribution in [-0.2, 0) is 9.53 Å². The van der Waals surface area contributed by atoms with Crippen LogP contribution >= 0.6 is 0 Å². The molecule has 0 aliphatic carbocycles. The van der Waals surface area contributed by atoms with Crippen LogP contribution in [0.1, 0.15) is 24.8 Å². The highest BCUT2D eigenvalue weighted by Crippen LogP contribution is 2.25. The summed E-state index contributed by atoms with van der Waals surface area (Å²) < 4.78 is 17.1. The number of hydrogen-bond acceptors (Lipinski definition) is 4. The van der Waals surface area contributed by atoms with Crippen LogP contribution in [0.4, 0.5) is 5.69 Å². The van der Waals surface area contributed by atoms with Crippen molar-refractivity contribution in [1.82, 2.24) is 0 Å². The average molecular weight is 355 g/mol. The molecule has 0 radical (unpaired) electrons. The summed E-state index contributed by atoms with van der Waals surface area (Å²) in [6.45, 7) is 3.24. The summed E-state index contributed by atoms with van der Waals surface area (Å²) in [6, 6.07) is 15.0. The molecule has 2 aromatic carbocycles. The molecule has 1 saturated heterocycles. The van der Waals surface area contributed by atoms with Gasteiger partial charge in [0.15, 0.2) is 6.61 Å². The van der Waals surface area contributed by atoms with E-state index in [1.54, 1.807) is 0 Å². The zero-order valence-electron chi connectivity index (χ0n) is 15.1. The summed E-state index contributed by atoms with van der Waals surface area (Å²) in [5, 5.41) is 2.85. The smallest absolute Gasteiger partial charge is 0.262 e. The fourth-order valence-electron chi connectivity index (χ4n) is 2.79. The van der Waals surface area contributed by atoms with Crippen LogP contribution in [0, 0.1) is 6.92 Å². The first-order valence-electron chi connectivity index (χ1n) is 9.03. The molecule has 26 heavy (non-hydrogen) atoms. The van der Waals surface area contributed by atoms with Crippen LogP contribution in [0.3, 0.4) is 0 Å². The summed E-state index contributed by atoms with van der Waals surface area (Å²) in [5.74, 6) is 1.09. The first-order chi connectivity index (χ1) is 12.7. The van der Waals surface area contributed by atoms with Gasteiger partial charge in [-0.25, -0.2) is 0 Å². The van der Waals surface area contributed by atoms with Crippen molar-refractivity contribution in [3.05, 3.63) is 54.1 Å². The summed E-state index contributed by atoms with van der Waals surface area (Å²) >= 11 is 0. The average Bonchev–Trinajstić information content (AvgIpc) is 2.68. The van der Waals surface area contributed by atoms with Gasteiger partial charge in [-0.3, -0.25) is 4.79 Å². The van der Waals surface area contributed by atoms with E-state index in [1.807, 2.05) is 55.5 Å². The van der Waals surface area contributed by atoms with Crippen LogP contribution in [-0.4, -0.2) is 31.8 Å². The lowest BCUT2D eigenvalue weighted by atomic mass is 10.1. The van der Waals surface area contributed by atoms with Crippen LogP contribution < -0.4 is 14.8 Å². The molecular formula is C21H25NO4. The monoisotopic (exact) mass is 355 g/mol. The summed E-state index contributed by atoms with van der Waals surface area (Å²) in [7, 11) is 0. The summed E-state index contributed by atoms with van der Waals surface area (Å²) in [4.78, 5) is 12.2. The molecule has 0 aromatic heterocycles. The maximum Gasteiger partial charge on any atom is 0.262 e. The van der Waals surface area contributed by atoms with E-state index in [4.69, 9.17) is 14.2 Å². The fourth-order valence-corrected chi connectivity index (χ4v) is 2.79. The molecular weight excluding hydrogens is 330 g/mol. The zero-order chi connectivity index (χ0) is 18.2. The van der Waals surface area contributed by atoms with Gasteiger partial charge >= 0.3 is 0 Å². The summed E-state index contributed by atoms with van der Waals surface area (Å²) in [5.41, 5.74) is 1.79. The van der Waals surface area contributed by atoms with Crippen LogP contribution in [0.15, 0.2) is 48.5 Å². The van der Waals surface area contributed by atoms with E-state index >= 15 is 0 Å². The second-order valence-corrected chi connectivity index (χ2v) is 6.45. The van der Waals surface area contributed by atoms with Gasteiger partial charge in [0.25, 0.3) is 5.91 Å². The van der Waals surface area contributed by atoms with Gasteiger partial charge in [-0.15, -0.1) is 0 Å². The van der Waals surface area contributed by atoms with Crippen molar-refractivity contribution in [1.29, 1.82) is 0 Å². The Balaban J connectivity index is 1.51. The predicted molar refractivity (Wildman–Crippen MR) is 101 cm³/mol. The van der Waals surface area contributed by atoms with Crippen molar-refractivity contribution in [2.24, 2.45) is 0 Å². The number of carbonyl (C=O) groups is 1. The fraction of sp³-hybridized carbons (Fsp3) is 0.381. The maximum atomic E-state index is 12.2. The number of hydrogen-bond donors (Lipinski definition) is 1. The van der Waals surface area contributed by atoms with Crippen LogP contribution in [0.2, 0.25) is 0 Å². The second kappa shape index (κ2) is 9.25. The molecule has 0 saturated carbocycles. The number of benzene rings is 2. The number of nitrogens with one attached hydrogen (secondary N) is 1. The van der Waals surface area contributed by atoms with Crippen molar-refractivity contribution >= 4 is 11.6 Å². The van der Waals surface area contributed by atoms with Gasteiger partial charge in [-0.05, 0) is 50.5 Å². The Morgan fingerprint density at radius 2 is 1.92 bits per heavy atom. The Morgan fingerprint density at radius 1 is 1.12 bits per heavy atom. The first-order valence-corrected chi connectivity index (χ1v) is 9.03. The first kappa shape index (κ1) is 18.3. The number of amides is 1. The SMILES string of the molecule is Cc1ccc(OCC(=O)Nc2ccccc2OCC2CCCCO2)cc1. The minimum absolute atomic E-state index is 0.0524.